The van der Waals surface area contributed by atoms with Crippen molar-refractivity contribution in [1.29, 1.82) is 0 Å². The fraction of sp³-hybridized carbons (Fsp3) is 0. The highest BCUT2D eigenvalue weighted by atomic mass is 19.1. The van der Waals surface area contributed by atoms with Gasteiger partial charge in [-0.05, 0) is 12.1 Å². The molecule has 1 aromatic carbocycles. The highest BCUT2D eigenvalue weighted by Gasteiger charge is 2.16. The zero-order chi connectivity index (χ0) is 9.42. The number of hydrogen-bond acceptors (Lipinski definition) is 2. The number of halogens is 1. The SMILES string of the molecule is OB(O)c1ccc(F)c2cc[nH]c12. The quantitative estimate of drug-likeness (QED) is 0.539. The molecule has 2 aromatic rings. The van der Waals surface area contributed by atoms with E-state index in [9.17, 15) is 4.39 Å². The third-order valence-electron chi connectivity index (χ3n) is 1.98. The summed E-state index contributed by atoms with van der Waals surface area (Å²) in [6.07, 6.45) is 1.56. The van der Waals surface area contributed by atoms with Gasteiger partial charge in [0.25, 0.3) is 0 Å². The van der Waals surface area contributed by atoms with Crippen LogP contribution in [0, 0.1) is 5.82 Å². The molecule has 3 N–H and O–H groups in total. The Bertz CT molecular complexity index is 441. The van der Waals surface area contributed by atoms with Crippen LogP contribution >= 0.6 is 0 Å². The van der Waals surface area contributed by atoms with Crippen molar-refractivity contribution in [3.63, 3.8) is 0 Å². The first-order valence-electron chi connectivity index (χ1n) is 3.82. The number of fused-ring (bicyclic) bond motifs is 1. The van der Waals surface area contributed by atoms with Crippen molar-refractivity contribution in [3.8, 4) is 0 Å². The monoisotopic (exact) mass is 179 g/mol. The zero-order valence-electron chi connectivity index (χ0n) is 6.66. The van der Waals surface area contributed by atoms with Gasteiger partial charge in [-0.1, -0.05) is 6.07 Å². The van der Waals surface area contributed by atoms with Gasteiger partial charge in [-0.15, -0.1) is 0 Å². The minimum Gasteiger partial charge on any atom is -0.423 e. The molecule has 0 aliphatic carbocycles. The Balaban J connectivity index is 2.78. The summed E-state index contributed by atoms with van der Waals surface area (Å²) in [5, 5.41) is 18.3. The number of nitrogens with one attached hydrogen (secondary N) is 1. The maximum Gasteiger partial charge on any atom is 0.490 e. The molecule has 1 aromatic heterocycles. The minimum absolute atomic E-state index is 0.279. The molecule has 0 bridgehead atoms. The van der Waals surface area contributed by atoms with E-state index in [0.29, 0.717) is 10.9 Å². The molecular formula is C8H7BFNO2. The summed E-state index contributed by atoms with van der Waals surface area (Å²) in [6, 6.07) is 4.11. The molecule has 1 heterocycles. The summed E-state index contributed by atoms with van der Waals surface area (Å²) in [4.78, 5) is 2.75. The van der Waals surface area contributed by atoms with Gasteiger partial charge in [0.2, 0.25) is 0 Å². The predicted molar refractivity (Wildman–Crippen MR) is 48.1 cm³/mol. The van der Waals surface area contributed by atoms with Crippen molar-refractivity contribution in [2.45, 2.75) is 0 Å². The number of hydrogen-bond donors (Lipinski definition) is 3. The molecule has 0 aliphatic heterocycles. The molecule has 13 heavy (non-hydrogen) atoms. The number of aromatic amines is 1. The van der Waals surface area contributed by atoms with E-state index >= 15 is 0 Å². The summed E-state index contributed by atoms with van der Waals surface area (Å²) >= 11 is 0. The lowest BCUT2D eigenvalue weighted by atomic mass is 9.79. The van der Waals surface area contributed by atoms with Gasteiger partial charge < -0.3 is 15.0 Å². The van der Waals surface area contributed by atoms with Crippen molar-refractivity contribution >= 4 is 23.5 Å². The van der Waals surface area contributed by atoms with Gasteiger partial charge in [-0.2, -0.15) is 0 Å². The molecule has 0 fully saturated rings. The van der Waals surface area contributed by atoms with Crippen LogP contribution < -0.4 is 5.46 Å². The Morgan fingerprint density at radius 1 is 1.23 bits per heavy atom. The van der Waals surface area contributed by atoms with Crippen LogP contribution in [0.2, 0.25) is 0 Å². The van der Waals surface area contributed by atoms with Gasteiger partial charge in [0, 0.05) is 22.6 Å². The van der Waals surface area contributed by atoms with Crippen molar-refractivity contribution in [2.75, 3.05) is 0 Å². The van der Waals surface area contributed by atoms with Gasteiger partial charge in [0.05, 0.1) is 0 Å². The molecule has 66 valence electrons. The van der Waals surface area contributed by atoms with Gasteiger partial charge in [0.15, 0.2) is 0 Å². The van der Waals surface area contributed by atoms with E-state index < -0.39 is 7.12 Å². The predicted octanol–water partition coefficient (Wildman–Crippen LogP) is -0.0132. The van der Waals surface area contributed by atoms with Crippen LogP contribution in [0.25, 0.3) is 10.9 Å². The summed E-state index contributed by atoms with van der Waals surface area (Å²) in [7, 11) is -1.58. The molecule has 0 saturated heterocycles. The zero-order valence-corrected chi connectivity index (χ0v) is 6.66. The van der Waals surface area contributed by atoms with Crippen LogP contribution in [0.3, 0.4) is 0 Å². The first-order chi connectivity index (χ1) is 6.20. The standard InChI is InChI=1S/C8H7BFNO2/c10-7-2-1-6(9(12)13)8-5(7)3-4-11-8/h1-4,11-13H. The smallest absolute Gasteiger partial charge is 0.423 e. The fourth-order valence-electron chi connectivity index (χ4n) is 1.36. The Labute approximate surface area is 74.0 Å². The van der Waals surface area contributed by atoms with Gasteiger partial charge in [0.1, 0.15) is 5.82 Å². The second kappa shape index (κ2) is 2.87. The number of H-pyrrole nitrogens is 1. The van der Waals surface area contributed by atoms with Crippen LogP contribution in [-0.2, 0) is 0 Å². The lowest BCUT2D eigenvalue weighted by Gasteiger charge is -2.01. The summed E-state index contributed by atoms with van der Waals surface area (Å²) < 4.78 is 13.1. The second-order valence-corrected chi connectivity index (χ2v) is 2.78. The molecule has 0 saturated carbocycles. The lowest BCUT2D eigenvalue weighted by molar-refractivity contribution is 0.426. The summed E-state index contributed by atoms with van der Waals surface area (Å²) in [5.74, 6) is -0.374. The van der Waals surface area contributed by atoms with Crippen LogP contribution in [0.4, 0.5) is 4.39 Å². The molecule has 5 heteroatoms. The number of aromatic nitrogens is 1. The van der Waals surface area contributed by atoms with Crippen LogP contribution in [0.15, 0.2) is 24.4 Å². The van der Waals surface area contributed by atoms with E-state index in [-0.39, 0.29) is 11.3 Å². The average molecular weight is 179 g/mol. The van der Waals surface area contributed by atoms with E-state index in [1.54, 1.807) is 12.3 Å². The number of rotatable bonds is 1. The molecule has 3 nitrogen and oxygen atoms in total. The van der Waals surface area contributed by atoms with E-state index in [1.165, 1.54) is 12.1 Å². The molecular weight excluding hydrogens is 172 g/mol. The normalized spacial score (nSPS) is 10.7. The maximum absolute atomic E-state index is 13.1. The third kappa shape index (κ3) is 1.22. The lowest BCUT2D eigenvalue weighted by Crippen LogP contribution is -2.30. The van der Waals surface area contributed by atoms with Crippen molar-refractivity contribution in [3.05, 3.63) is 30.2 Å². The largest absolute Gasteiger partial charge is 0.490 e. The topological polar surface area (TPSA) is 56.2 Å². The Kier molecular flexibility index (Phi) is 1.83. The molecule has 0 spiro atoms. The van der Waals surface area contributed by atoms with E-state index in [0.717, 1.165) is 0 Å². The van der Waals surface area contributed by atoms with E-state index in [2.05, 4.69) is 4.98 Å². The van der Waals surface area contributed by atoms with Gasteiger partial charge >= 0.3 is 7.12 Å². The van der Waals surface area contributed by atoms with E-state index in [4.69, 9.17) is 10.0 Å². The summed E-state index contributed by atoms with van der Waals surface area (Å²) in [6.45, 7) is 0. The molecule has 0 atom stereocenters. The number of benzene rings is 1. The van der Waals surface area contributed by atoms with Crippen LogP contribution in [0.1, 0.15) is 0 Å². The van der Waals surface area contributed by atoms with Crippen LogP contribution in [0.5, 0.6) is 0 Å². The molecule has 0 unspecified atom stereocenters. The Hall–Kier alpha value is -1.33. The second-order valence-electron chi connectivity index (χ2n) is 2.78. The molecule has 2 rings (SSSR count). The maximum atomic E-state index is 13.1. The van der Waals surface area contributed by atoms with E-state index in [1.807, 2.05) is 0 Å². The molecule has 0 radical (unpaired) electrons. The highest BCUT2D eigenvalue weighted by Crippen LogP contribution is 2.13. The third-order valence-corrected chi connectivity index (χ3v) is 1.98. The fourth-order valence-corrected chi connectivity index (χ4v) is 1.36. The molecule has 0 amide bonds. The average Bonchev–Trinajstić information content (AvgIpc) is 2.53. The molecule has 0 aliphatic rings. The summed E-state index contributed by atoms with van der Waals surface area (Å²) in [5.41, 5.74) is 0.705. The van der Waals surface area contributed by atoms with Crippen molar-refractivity contribution in [2.24, 2.45) is 0 Å². The van der Waals surface area contributed by atoms with Crippen molar-refractivity contribution < 1.29 is 14.4 Å². The first-order valence-corrected chi connectivity index (χ1v) is 3.82. The highest BCUT2D eigenvalue weighted by molar-refractivity contribution is 6.61. The minimum atomic E-state index is -1.58. The first kappa shape index (κ1) is 8.28. The Morgan fingerprint density at radius 2 is 2.00 bits per heavy atom. The Morgan fingerprint density at radius 3 is 2.69 bits per heavy atom. The van der Waals surface area contributed by atoms with Gasteiger partial charge in [-0.25, -0.2) is 4.39 Å². The van der Waals surface area contributed by atoms with Gasteiger partial charge in [-0.3, -0.25) is 0 Å². The van der Waals surface area contributed by atoms with Crippen LogP contribution in [-0.4, -0.2) is 22.2 Å². The van der Waals surface area contributed by atoms with Crippen molar-refractivity contribution in [1.82, 2.24) is 4.98 Å².